The zero-order valence-corrected chi connectivity index (χ0v) is 22.0. The van der Waals surface area contributed by atoms with Crippen LogP contribution in [0.4, 0.5) is 0 Å². The first-order valence-electron chi connectivity index (χ1n) is 10.9. The van der Waals surface area contributed by atoms with Gasteiger partial charge in [0, 0.05) is 63.4 Å². The molecule has 1 atom stereocenters. The van der Waals surface area contributed by atoms with Crippen molar-refractivity contribution < 1.29 is 4.79 Å². The number of carbonyl (C=O) groups is 1. The highest BCUT2D eigenvalue weighted by Crippen LogP contribution is 2.13. The predicted molar refractivity (Wildman–Crippen MR) is 139 cm³/mol. The molecule has 0 spiro atoms. The Morgan fingerprint density at radius 2 is 1.84 bits per heavy atom. The van der Waals surface area contributed by atoms with Crippen LogP contribution in [0.2, 0.25) is 5.02 Å². The van der Waals surface area contributed by atoms with Crippen LogP contribution >= 0.6 is 35.6 Å². The molecule has 2 aliphatic rings. The number of benzene rings is 1. The quantitative estimate of drug-likeness (QED) is 0.337. The molecule has 1 aromatic carbocycles. The van der Waals surface area contributed by atoms with E-state index in [0.29, 0.717) is 17.5 Å². The van der Waals surface area contributed by atoms with Gasteiger partial charge in [-0.25, -0.2) is 0 Å². The van der Waals surface area contributed by atoms with E-state index in [1.807, 2.05) is 29.2 Å². The number of carbonyl (C=O) groups excluding carboxylic acids is 1. The highest BCUT2D eigenvalue weighted by Gasteiger charge is 2.25. The Balaban J connectivity index is 0.00000341. The number of amides is 1. The van der Waals surface area contributed by atoms with Crippen LogP contribution < -0.4 is 5.32 Å². The summed E-state index contributed by atoms with van der Waals surface area (Å²) in [7, 11) is 4.36. The molecule has 1 N–H and O–H groups in total. The van der Waals surface area contributed by atoms with Crippen LogP contribution in [-0.2, 0) is 11.2 Å². The Labute approximate surface area is 208 Å². The maximum Gasteiger partial charge on any atom is 0.227 e. The second-order valence-electron chi connectivity index (χ2n) is 8.27. The normalized spacial score (nSPS) is 21.0. The molecule has 0 bridgehead atoms. The highest BCUT2D eigenvalue weighted by molar-refractivity contribution is 14.0. The largest absolute Gasteiger partial charge is 0.357 e. The van der Waals surface area contributed by atoms with Gasteiger partial charge in [-0.2, -0.15) is 0 Å². The first kappa shape index (κ1) is 26.2. The predicted octanol–water partition coefficient (Wildman–Crippen LogP) is 1.86. The van der Waals surface area contributed by atoms with E-state index in [1.165, 1.54) is 0 Å². The first-order valence-corrected chi connectivity index (χ1v) is 11.3. The lowest BCUT2D eigenvalue weighted by molar-refractivity contribution is -0.131. The van der Waals surface area contributed by atoms with Crippen LogP contribution in [0.15, 0.2) is 29.3 Å². The van der Waals surface area contributed by atoms with Crippen LogP contribution in [0, 0.1) is 0 Å². The molecule has 9 heteroatoms. The van der Waals surface area contributed by atoms with E-state index in [1.54, 1.807) is 0 Å². The third-order valence-corrected chi connectivity index (χ3v) is 6.18. The molecule has 2 saturated heterocycles. The molecule has 31 heavy (non-hydrogen) atoms. The summed E-state index contributed by atoms with van der Waals surface area (Å²) in [6.45, 7) is 10.0. The van der Waals surface area contributed by atoms with Gasteiger partial charge < -0.3 is 20.0 Å². The molecular weight excluding hydrogens is 527 g/mol. The van der Waals surface area contributed by atoms with Gasteiger partial charge in [0.25, 0.3) is 0 Å². The summed E-state index contributed by atoms with van der Waals surface area (Å²) < 4.78 is 0. The molecule has 2 aliphatic heterocycles. The second-order valence-corrected chi connectivity index (χ2v) is 8.70. The second kappa shape index (κ2) is 12.8. The van der Waals surface area contributed by atoms with Gasteiger partial charge in [-0.05, 0) is 38.7 Å². The summed E-state index contributed by atoms with van der Waals surface area (Å²) in [6.07, 6.45) is 0.399. The number of nitrogens with one attached hydrogen (secondary N) is 1. The fourth-order valence-electron chi connectivity index (χ4n) is 4.02. The van der Waals surface area contributed by atoms with Gasteiger partial charge in [-0.3, -0.25) is 14.7 Å². The first-order chi connectivity index (χ1) is 14.5. The monoisotopic (exact) mass is 562 g/mol. The van der Waals surface area contributed by atoms with Crippen molar-refractivity contribution in [3.05, 3.63) is 34.9 Å². The summed E-state index contributed by atoms with van der Waals surface area (Å²) in [5.74, 6) is 1.12. The average molecular weight is 563 g/mol. The molecule has 2 heterocycles. The van der Waals surface area contributed by atoms with Crippen molar-refractivity contribution >= 4 is 47.4 Å². The van der Waals surface area contributed by atoms with E-state index >= 15 is 0 Å². The van der Waals surface area contributed by atoms with E-state index in [4.69, 9.17) is 16.6 Å². The summed E-state index contributed by atoms with van der Waals surface area (Å²) in [5, 5.41) is 4.11. The number of rotatable bonds is 5. The standard InChI is InChI=1S/C22H35ClN6O.HI/c1-4-24-22(25-16-20-17-26(2)8-9-27(20)3)29-12-10-28(11-13-29)21(30)15-18-6-5-7-19(23)14-18;/h5-7,14,20H,4,8-13,15-17H2,1-3H3,(H,24,25);1H. The Morgan fingerprint density at radius 3 is 2.52 bits per heavy atom. The lowest BCUT2D eigenvalue weighted by Gasteiger charge is -2.38. The van der Waals surface area contributed by atoms with Gasteiger partial charge in [-0.1, -0.05) is 23.7 Å². The molecule has 0 aliphatic carbocycles. The maximum atomic E-state index is 12.7. The van der Waals surface area contributed by atoms with Crippen molar-refractivity contribution in [3.8, 4) is 0 Å². The molecule has 1 unspecified atom stereocenters. The molecule has 0 saturated carbocycles. The third-order valence-electron chi connectivity index (χ3n) is 5.94. The Morgan fingerprint density at radius 1 is 1.13 bits per heavy atom. The highest BCUT2D eigenvalue weighted by atomic mass is 127. The minimum Gasteiger partial charge on any atom is -0.357 e. The smallest absolute Gasteiger partial charge is 0.227 e. The molecule has 1 amide bonds. The van der Waals surface area contributed by atoms with Gasteiger partial charge in [0.15, 0.2) is 5.96 Å². The Bertz CT molecular complexity index is 740. The zero-order valence-electron chi connectivity index (χ0n) is 18.9. The number of aliphatic imine (C=N–C) groups is 1. The van der Waals surface area contributed by atoms with Crippen molar-refractivity contribution in [1.29, 1.82) is 0 Å². The molecule has 3 rings (SSSR count). The zero-order chi connectivity index (χ0) is 21.5. The molecule has 7 nitrogen and oxygen atoms in total. The molecular formula is C22H36ClIN6O. The van der Waals surface area contributed by atoms with Crippen LogP contribution in [0.25, 0.3) is 0 Å². The third kappa shape index (κ3) is 7.76. The van der Waals surface area contributed by atoms with Crippen LogP contribution in [-0.4, -0.2) is 111 Å². The Kier molecular flexibility index (Phi) is 10.8. The van der Waals surface area contributed by atoms with Crippen molar-refractivity contribution in [2.75, 3.05) is 73.0 Å². The van der Waals surface area contributed by atoms with E-state index in [-0.39, 0.29) is 29.9 Å². The van der Waals surface area contributed by atoms with Gasteiger partial charge in [0.05, 0.1) is 13.0 Å². The number of hydrogen-bond donors (Lipinski definition) is 1. The molecule has 1 aromatic rings. The van der Waals surface area contributed by atoms with E-state index in [9.17, 15) is 4.79 Å². The minimum atomic E-state index is 0. The van der Waals surface area contributed by atoms with Gasteiger partial charge >= 0.3 is 0 Å². The van der Waals surface area contributed by atoms with Crippen LogP contribution in [0.3, 0.4) is 0 Å². The summed E-state index contributed by atoms with van der Waals surface area (Å²) in [5.41, 5.74) is 0.964. The van der Waals surface area contributed by atoms with Crippen molar-refractivity contribution in [2.45, 2.75) is 19.4 Å². The van der Waals surface area contributed by atoms with E-state index in [0.717, 1.165) is 70.4 Å². The lowest BCUT2D eigenvalue weighted by atomic mass is 10.1. The van der Waals surface area contributed by atoms with Crippen molar-refractivity contribution in [1.82, 2.24) is 24.9 Å². The van der Waals surface area contributed by atoms with Crippen LogP contribution in [0.5, 0.6) is 0 Å². The molecule has 2 fully saturated rings. The summed E-state index contributed by atoms with van der Waals surface area (Å²) in [6, 6.07) is 7.99. The van der Waals surface area contributed by atoms with Crippen LogP contribution in [0.1, 0.15) is 12.5 Å². The van der Waals surface area contributed by atoms with Gasteiger partial charge in [-0.15, -0.1) is 24.0 Å². The topological polar surface area (TPSA) is 54.4 Å². The van der Waals surface area contributed by atoms with Gasteiger partial charge in [0.1, 0.15) is 0 Å². The number of piperazine rings is 2. The number of halogens is 2. The lowest BCUT2D eigenvalue weighted by Crippen LogP contribution is -2.55. The molecule has 0 aromatic heterocycles. The van der Waals surface area contributed by atoms with E-state index in [2.05, 4.69) is 41.0 Å². The average Bonchev–Trinajstić information content (AvgIpc) is 2.73. The maximum absolute atomic E-state index is 12.7. The number of likely N-dealkylation sites (N-methyl/N-ethyl adjacent to an activating group) is 2. The SMILES string of the molecule is CCNC(=NCC1CN(C)CCN1C)N1CCN(C(=O)Cc2cccc(Cl)c2)CC1.I. The molecule has 174 valence electrons. The van der Waals surface area contributed by atoms with Gasteiger partial charge in [0.2, 0.25) is 5.91 Å². The van der Waals surface area contributed by atoms with Crippen molar-refractivity contribution in [2.24, 2.45) is 4.99 Å². The minimum absolute atomic E-state index is 0. The van der Waals surface area contributed by atoms with Crippen molar-refractivity contribution in [3.63, 3.8) is 0 Å². The summed E-state index contributed by atoms with van der Waals surface area (Å²) in [4.78, 5) is 26.6. The van der Waals surface area contributed by atoms with E-state index < -0.39 is 0 Å². The number of guanidine groups is 1. The fourth-order valence-corrected chi connectivity index (χ4v) is 4.23. The molecule has 0 radical (unpaired) electrons. The Hall–Kier alpha value is -1.10. The fraction of sp³-hybridized carbons (Fsp3) is 0.636. The number of nitrogens with zero attached hydrogens (tertiary/aromatic N) is 5. The summed E-state index contributed by atoms with van der Waals surface area (Å²) >= 11 is 6.04. The number of hydrogen-bond acceptors (Lipinski definition) is 4.